The van der Waals surface area contributed by atoms with Gasteiger partial charge in [-0.2, -0.15) is 0 Å². The van der Waals surface area contributed by atoms with Crippen LogP contribution in [0.2, 0.25) is 0 Å². The Balaban J connectivity index is 1.47. The second-order valence-corrected chi connectivity index (χ2v) is 8.05. The summed E-state index contributed by atoms with van der Waals surface area (Å²) in [6.45, 7) is 0.185. The van der Waals surface area contributed by atoms with Crippen LogP contribution in [0.3, 0.4) is 0 Å². The molecule has 7 nitrogen and oxygen atoms in total. The fraction of sp³-hybridized carbons (Fsp3) is 0.261. The van der Waals surface area contributed by atoms with Crippen LogP contribution in [0.4, 0.5) is 5.69 Å². The summed E-state index contributed by atoms with van der Waals surface area (Å²) in [5, 5.41) is 0.659. The van der Waals surface area contributed by atoms with Gasteiger partial charge in [-0.15, -0.1) is 11.8 Å². The predicted molar refractivity (Wildman–Crippen MR) is 118 cm³/mol. The van der Waals surface area contributed by atoms with E-state index in [2.05, 4.69) is 0 Å². The highest BCUT2D eigenvalue weighted by atomic mass is 32.2. The van der Waals surface area contributed by atoms with Crippen LogP contribution < -0.4 is 15.3 Å². The number of carbonyl (C=O) groups is 2. The summed E-state index contributed by atoms with van der Waals surface area (Å²) in [7, 11) is 1.52. The number of hydrogen-bond acceptors (Lipinski definition) is 7. The van der Waals surface area contributed by atoms with E-state index in [0.717, 1.165) is 10.6 Å². The lowest BCUT2D eigenvalue weighted by atomic mass is 10.1. The lowest BCUT2D eigenvalue weighted by Gasteiger charge is -2.17. The van der Waals surface area contributed by atoms with Crippen molar-refractivity contribution in [3.05, 3.63) is 64.5 Å². The van der Waals surface area contributed by atoms with Gasteiger partial charge in [0.05, 0.1) is 13.0 Å². The monoisotopic (exact) mass is 439 g/mol. The van der Waals surface area contributed by atoms with Crippen LogP contribution >= 0.6 is 11.8 Å². The zero-order chi connectivity index (χ0) is 22.0. The molecule has 1 saturated heterocycles. The molecule has 0 unspecified atom stereocenters. The summed E-state index contributed by atoms with van der Waals surface area (Å²) >= 11 is 1.59. The molecule has 1 aliphatic heterocycles. The van der Waals surface area contributed by atoms with Crippen LogP contribution in [0, 0.1) is 5.92 Å². The fourth-order valence-electron chi connectivity index (χ4n) is 3.62. The van der Waals surface area contributed by atoms with Gasteiger partial charge in [0.15, 0.2) is 0 Å². The molecule has 0 spiro atoms. The first-order valence-corrected chi connectivity index (χ1v) is 10.9. The molecule has 2 heterocycles. The van der Waals surface area contributed by atoms with Gasteiger partial charge in [-0.3, -0.25) is 9.59 Å². The number of nitrogens with zero attached hydrogens (tertiary/aromatic N) is 1. The Bertz CT molecular complexity index is 1200. The number of rotatable bonds is 6. The molecule has 1 amide bonds. The van der Waals surface area contributed by atoms with Gasteiger partial charge < -0.3 is 18.8 Å². The molecule has 1 atom stereocenters. The molecule has 1 fully saturated rings. The molecule has 1 aliphatic rings. The predicted octanol–water partition coefficient (Wildman–Crippen LogP) is 3.62. The van der Waals surface area contributed by atoms with E-state index in [9.17, 15) is 14.4 Å². The first-order valence-electron chi connectivity index (χ1n) is 9.70. The minimum absolute atomic E-state index is 0.0834. The number of anilines is 1. The summed E-state index contributed by atoms with van der Waals surface area (Å²) in [5.74, 6) is -0.582. The minimum Gasteiger partial charge on any atom is -0.497 e. The van der Waals surface area contributed by atoms with Crippen LogP contribution in [-0.2, 0) is 20.9 Å². The van der Waals surface area contributed by atoms with E-state index in [1.807, 2.05) is 30.5 Å². The second-order valence-electron chi connectivity index (χ2n) is 7.17. The van der Waals surface area contributed by atoms with E-state index in [4.69, 9.17) is 13.9 Å². The summed E-state index contributed by atoms with van der Waals surface area (Å²) in [5.41, 5.74) is 1.13. The number of benzene rings is 2. The molecule has 160 valence electrons. The van der Waals surface area contributed by atoms with Crippen molar-refractivity contribution in [3.8, 4) is 5.75 Å². The summed E-state index contributed by atoms with van der Waals surface area (Å²) in [6.07, 6.45) is 2.06. The van der Waals surface area contributed by atoms with E-state index in [-0.39, 0.29) is 25.5 Å². The third-order valence-corrected chi connectivity index (χ3v) is 5.96. The highest BCUT2D eigenvalue weighted by molar-refractivity contribution is 7.98. The standard InChI is InChI=1S/C23H21NO6S/c1-28-17-6-7-19-15(9-22(26)30-20(19)11-17)13-29-23(27)14-8-21(25)24(12-14)16-4-3-5-18(10-16)31-2/h3-7,9-11,14H,8,12-13H2,1-2H3/t14-/m0/s1. The number of amides is 1. The maximum atomic E-state index is 12.7. The third kappa shape index (κ3) is 4.44. The molecule has 0 saturated carbocycles. The Kier molecular flexibility index (Phi) is 5.99. The van der Waals surface area contributed by atoms with E-state index < -0.39 is 17.5 Å². The molecule has 0 bridgehead atoms. The fourth-order valence-corrected chi connectivity index (χ4v) is 4.07. The van der Waals surface area contributed by atoms with E-state index in [0.29, 0.717) is 22.3 Å². The molecule has 4 rings (SSSR count). The SMILES string of the molecule is COc1ccc2c(COC(=O)[C@H]3CC(=O)N(c4cccc(SC)c4)C3)cc(=O)oc2c1. The average Bonchev–Trinajstić information content (AvgIpc) is 3.18. The topological polar surface area (TPSA) is 86.0 Å². The molecule has 2 aromatic carbocycles. The largest absolute Gasteiger partial charge is 0.497 e. The van der Waals surface area contributed by atoms with Crippen molar-refractivity contribution in [2.75, 3.05) is 24.8 Å². The van der Waals surface area contributed by atoms with Gasteiger partial charge in [0, 0.05) is 46.6 Å². The average molecular weight is 439 g/mol. The number of hydrogen-bond donors (Lipinski definition) is 0. The van der Waals surface area contributed by atoms with Gasteiger partial charge in [-0.1, -0.05) is 6.07 Å². The summed E-state index contributed by atoms with van der Waals surface area (Å²) < 4.78 is 15.8. The van der Waals surface area contributed by atoms with Gasteiger partial charge in [0.2, 0.25) is 5.91 Å². The van der Waals surface area contributed by atoms with E-state index >= 15 is 0 Å². The summed E-state index contributed by atoms with van der Waals surface area (Å²) in [6, 6.07) is 14.1. The third-order valence-electron chi connectivity index (χ3n) is 5.23. The maximum absolute atomic E-state index is 12.7. The Morgan fingerprint density at radius 2 is 2.03 bits per heavy atom. The Morgan fingerprint density at radius 3 is 2.81 bits per heavy atom. The lowest BCUT2D eigenvalue weighted by molar-refractivity contribution is -0.149. The maximum Gasteiger partial charge on any atom is 0.336 e. The van der Waals surface area contributed by atoms with Crippen molar-refractivity contribution >= 4 is 40.3 Å². The molecule has 8 heteroatoms. The number of fused-ring (bicyclic) bond motifs is 1. The van der Waals surface area contributed by atoms with Crippen molar-refractivity contribution in [3.63, 3.8) is 0 Å². The van der Waals surface area contributed by atoms with Crippen LogP contribution in [0.1, 0.15) is 12.0 Å². The van der Waals surface area contributed by atoms with Crippen molar-refractivity contribution in [2.45, 2.75) is 17.9 Å². The van der Waals surface area contributed by atoms with Crippen molar-refractivity contribution in [1.82, 2.24) is 0 Å². The second kappa shape index (κ2) is 8.85. The van der Waals surface area contributed by atoms with E-state index in [1.165, 1.54) is 13.2 Å². The molecule has 0 aliphatic carbocycles. The zero-order valence-corrected chi connectivity index (χ0v) is 17.9. The van der Waals surface area contributed by atoms with E-state index in [1.54, 1.807) is 34.9 Å². The minimum atomic E-state index is -0.558. The number of thioether (sulfide) groups is 1. The van der Waals surface area contributed by atoms with Gasteiger partial charge in [0.1, 0.15) is 17.9 Å². The molecule has 0 radical (unpaired) electrons. The Labute approximate surface area is 182 Å². The van der Waals surface area contributed by atoms with Gasteiger partial charge in [0.25, 0.3) is 0 Å². The van der Waals surface area contributed by atoms with Crippen LogP contribution in [-0.4, -0.2) is 31.8 Å². The molecule has 31 heavy (non-hydrogen) atoms. The lowest BCUT2D eigenvalue weighted by Crippen LogP contribution is -2.26. The Morgan fingerprint density at radius 1 is 1.19 bits per heavy atom. The van der Waals surface area contributed by atoms with Crippen molar-refractivity contribution in [1.29, 1.82) is 0 Å². The van der Waals surface area contributed by atoms with Crippen molar-refractivity contribution in [2.24, 2.45) is 5.92 Å². The Hall–Kier alpha value is -3.26. The molecular formula is C23H21NO6S. The van der Waals surface area contributed by atoms with Gasteiger partial charge in [-0.25, -0.2) is 4.79 Å². The highest BCUT2D eigenvalue weighted by Crippen LogP contribution is 2.29. The summed E-state index contributed by atoms with van der Waals surface area (Å²) in [4.78, 5) is 39.7. The van der Waals surface area contributed by atoms with Gasteiger partial charge >= 0.3 is 11.6 Å². The normalized spacial score (nSPS) is 16.0. The number of esters is 1. The van der Waals surface area contributed by atoms with Gasteiger partial charge in [-0.05, 0) is 36.6 Å². The highest BCUT2D eigenvalue weighted by Gasteiger charge is 2.36. The van der Waals surface area contributed by atoms with Crippen LogP contribution in [0.25, 0.3) is 11.0 Å². The number of carbonyl (C=O) groups excluding carboxylic acids is 2. The van der Waals surface area contributed by atoms with Crippen LogP contribution in [0.5, 0.6) is 5.75 Å². The quantitative estimate of drug-likeness (QED) is 0.329. The zero-order valence-electron chi connectivity index (χ0n) is 17.1. The molecular weight excluding hydrogens is 418 g/mol. The number of ether oxygens (including phenoxy) is 2. The first-order chi connectivity index (χ1) is 15.0. The molecule has 1 aromatic heterocycles. The molecule has 0 N–H and O–H groups in total. The molecule has 3 aromatic rings. The van der Waals surface area contributed by atoms with Crippen LogP contribution in [0.15, 0.2) is 62.6 Å². The number of methoxy groups -OCH3 is 1. The first kappa shape index (κ1) is 21.0. The van der Waals surface area contributed by atoms with Crippen molar-refractivity contribution < 1.29 is 23.5 Å². The smallest absolute Gasteiger partial charge is 0.336 e.